The Morgan fingerprint density at radius 1 is 1.45 bits per heavy atom. The molecule has 1 aliphatic heterocycles. The summed E-state index contributed by atoms with van der Waals surface area (Å²) in [4.78, 5) is 21.8. The average Bonchev–Trinajstić information content (AvgIpc) is 2.86. The first kappa shape index (κ1) is 15.0. The number of amides is 1. The summed E-state index contributed by atoms with van der Waals surface area (Å²) in [6, 6.07) is 4.50. The zero-order valence-electron chi connectivity index (χ0n) is 13.6. The molecule has 5 nitrogen and oxygen atoms in total. The summed E-state index contributed by atoms with van der Waals surface area (Å²) in [5.74, 6) is 1.06. The van der Waals surface area contributed by atoms with Gasteiger partial charge in [0.25, 0.3) is 0 Å². The molecule has 2 N–H and O–H groups in total. The number of hydrogen-bond acceptors (Lipinski definition) is 3. The molecular weight excluding hydrogens is 276 g/mol. The van der Waals surface area contributed by atoms with E-state index in [4.69, 9.17) is 4.98 Å². The Balaban J connectivity index is 1.73. The molecule has 1 atom stereocenters. The normalized spacial score (nSPS) is 19.5. The van der Waals surface area contributed by atoms with E-state index < -0.39 is 0 Å². The van der Waals surface area contributed by atoms with Crippen LogP contribution in [0.4, 0.5) is 0 Å². The minimum Gasteiger partial charge on any atom is -0.352 e. The van der Waals surface area contributed by atoms with Gasteiger partial charge in [-0.3, -0.25) is 9.69 Å². The van der Waals surface area contributed by atoms with Crippen molar-refractivity contribution >= 4 is 16.9 Å². The van der Waals surface area contributed by atoms with Crippen LogP contribution in [0.5, 0.6) is 0 Å². The van der Waals surface area contributed by atoms with E-state index in [1.165, 1.54) is 11.1 Å². The quantitative estimate of drug-likeness (QED) is 0.914. The molecule has 0 spiro atoms. The van der Waals surface area contributed by atoms with E-state index in [2.05, 4.69) is 41.2 Å². The molecule has 1 saturated heterocycles. The molecule has 1 amide bonds. The van der Waals surface area contributed by atoms with Gasteiger partial charge < -0.3 is 10.3 Å². The lowest BCUT2D eigenvalue weighted by Gasteiger charge is -2.32. The molecule has 3 rings (SSSR count). The minimum atomic E-state index is 0.0571. The maximum Gasteiger partial charge on any atom is 0.217 e. The number of aromatic amines is 1. The largest absolute Gasteiger partial charge is 0.352 e. The summed E-state index contributed by atoms with van der Waals surface area (Å²) in [5.41, 5.74) is 4.70. The van der Waals surface area contributed by atoms with Crippen molar-refractivity contribution in [3.63, 3.8) is 0 Å². The first-order valence-electron chi connectivity index (χ1n) is 7.97. The van der Waals surface area contributed by atoms with Gasteiger partial charge in [0.15, 0.2) is 0 Å². The van der Waals surface area contributed by atoms with Crippen LogP contribution in [-0.4, -0.2) is 39.9 Å². The van der Waals surface area contributed by atoms with Crippen LogP contribution in [0.3, 0.4) is 0 Å². The van der Waals surface area contributed by atoms with Gasteiger partial charge in [-0.1, -0.05) is 6.07 Å². The standard InChI is InChI=1S/C17H24N4O/c1-11-6-7-15-17(12(11)2)20-16(19-15)10-21-8-4-5-14(9-21)18-13(3)22/h6-7,14H,4-5,8-10H2,1-3H3,(H,18,22)(H,19,20)/t14-/m0/s1. The van der Waals surface area contributed by atoms with Crippen LogP contribution in [0.2, 0.25) is 0 Å². The molecule has 0 aliphatic carbocycles. The Hall–Kier alpha value is -1.88. The summed E-state index contributed by atoms with van der Waals surface area (Å²) in [6.45, 7) is 8.59. The number of H-pyrrole nitrogens is 1. The number of aryl methyl sites for hydroxylation is 2. The first-order valence-corrected chi connectivity index (χ1v) is 7.97. The second-order valence-corrected chi connectivity index (χ2v) is 6.36. The van der Waals surface area contributed by atoms with E-state index in [-0.39, 0.29) is 11.9 Å². The van der Waals surface area contributed by atoms with Gasteiger partial charge in [0, 0.05) is 19.5 Å². The zero-order chi connectivity index (χ0) is 15.7. The summed E-state index contributed by atoms with van der Waals surface area (Å²) in [7, 11) is 0. The van der Waals surface area contributed by atoms with Crippen LogP contribution in [0.25, 0.3) is 11.0 Å². The molecule has 0 bridgehead atoms. The summed E-state index contributed by atoms with van der Waals surface area (Å²) >= 11 is 0. The van der Waals surface area contributed by atoms with Gasteiger partial charge in [0.2, 0.25) is 5.91 Å². The molecular formula is C17H24N4O. The smallest absolute Gasteiger partial charge is 0.217 e. The number of aromatic nitrogens is 2. The fourth-order valence-corrected chi connectivity index (χ4v) is 3.26. The summed E-state index contributed by atoms with van der Waals surface area (Å²) < 4.78 is 0. The lowest BCUT2D eigenvalue weighted by molar-refractivity contribution is -0.120. The van der Waals surface area contributed by atoms with Crippen molar-refractivity contribution in [2.75, 3.05) is 13.1 Å². The van der Waals surface area contributed by atoms with Crippen molar-refractivity contribution in [2.45, 2.75) is 46.2 Å². The Bertz CT molecular complexity index is 691. The Labute approximate surface area is 131 Å². The maximum atomic E-state index is 11.2. The van der Waals surface area contributed by atoms with Gasteiger partial charge in [0.1, 0.15) is 5.82 Å². The monoisotopic (exact) mass is 300 g/mol. The SMILES string of the molecule is CC(=O)N[C@H]1CCCN(Cc2nc3c(C)c(C)ccc3[nH]2)C1. The number of piperidine rings is 1. The van der Waals surface area contributed by atoms with Gasteiger partial charge in [-0.05, 0) is 50.4 Å². The minimum absolute atomic E-state index is 0.0571. The van der Waals surface area contributed by atoms with Crippen LogP contribution in [0.1, 0.15) is 36.7 Å². The number of likely N-dealkylation sites (tertiary alicyclic amines) is 1. The van der Waals surface area contributed by atoms with E-state index in [0.717, 1.165) is 49.3 Å². The zero-order valence-corrected chi connectivity index (χ0v) is 13.6. The van der Waals surface area contributed by atoms with E-state index in [1.54, 1.807) is 6.92 Å². The van der Waals surface area contributed by atoms with Gasteiger partial charge in [-0.15, -0.1) is 0 Å². The maximum absolute atomic E-state index is 11.2. The molecule has 5 heteroatoms. The topological polar surface area (TPSA) is 61.0 Å². The van der Waals surface area contributed by atoms with Crippen LogP contribution >= 0.6 is 0 Å². The van der Waals surface area contributed by atoms with Crippen molar-refractivity contribution in [1.29, 1.82) is 0 Å². The van der Waals surface area contributed by atoms with Crippen LogP contribution in [0.15, 0.2) is 12.1 Å². The van der Waals surface area contributed by atoms with Crippen molar-refractivity contribution < 1.29 is 4.79 Å². The second-order valence-electron chi connectivity index (χ2n) is 6.36. The molecule has 1 aliphatic rings. The van der Waals surface area contributed by atoms with Crippen molar-refractivity contribution in [2.24, 2.45) is 0 Å². The molecule has 0 radical (unpaired) electrons. The molecule has 2 aromatic rings. The fraction of sp³-hybridized carbons (Fsp3) is 0.529. The van der Waals surface area contributed by atoms with Crippen LogP contribution in [-0.2, 0) is 11.3 Å². The summed E-state index contributed by atoms with van der Waals surface area (Å²) in [5, 5.41) is 3.03. The third kappa shape index (κ3) is 3.14. The molecule has 1 aromatic carbocycles. The number of imidazole rings is 1. The highest BCUT2D eigenvalue weighted by atomic mass is 16.1. The molecule has 1 fully saturated rings. The van der Waals surface area contributed by atoms with E-state index in [9.17, 15) is 4.79 Å². The number of fused-ring (bicyclic) bond motifs is 1. The Morgan fingerprint density at radius 2 is 2.27 bits per heavy atom. The van der Waals surface area contributed by atoms with Gasteiger partial charge in [-0.25, -0.2) is 4.98 Å². The van der Waals surface area contributed by atoms with Gasteiger partial charge in [-0.2, -0.15) is 0 Å². The number of nitrogens with zero attached hydrogens (tertiary/aromatic N) is 2. The number of carbonyl (C=O) groups is 1. The molecule has 0 saturated carbocycles. The number of benzene rings is 1. The van der Waals surface area contributed by atoms with Crippen LogP contribution in [0, 0.1) is 13.8 Å². The van der Waals surface area contributed by atoms with Crippen LogP contribution < -0.4 is 5.32 Å². The number of rotatable bonds is 3. The fourth-order valence-electron chi connectivity index (χ4n) is 3.26. The predicted molar refractivity (Wildman–Crippen MR) is 87.7 cm³/mol. The highest BCUT2D eigenvalue weighted by Gasteiger charge is 2.21. The van der Waals surface area contributed by atoms with E-state index in [1.807, 2.05) is 0 Å². The highest BCUT2D eigenvalue weighted by molar-refractivity contribution is 5.79. The Kier molecular flexibility index (Phi) is 4.16. The first-order chi connectivity index (χ1) is 10.5. The molecule has 0 unspecified atom stereocenters. The van der Waals surface area contributed by atoms with Gasteiger partial charge in [0.05, 0.1) is 17.6 Å². The molecule has 1 aromatic heterocycles. The molecule has 22 heavy (non-hydrogen) atoms. The number of nitrogens with one attached hydrogen (secondary N) is 2. The van der Waals surface area contributed by atoms with Gasteiger partial charge >= 0.3 is 0 Å². The predicted octanol–water partition coefficient (Wildman–Crippen LogP) is 2.28. The lowest BCUT2D eigenvalue weighted by atomic mass is 10.1. The second kappa shape index (κ2) is 6.08. The van der Waals surface area contributed by atoms with E-state index in [0.29, 0.717) is 0 Å². The van der Waals surface area contributed by atoms with Crippen molar-refractivity contribution in [3.05, 3.63) is 29.1 Å². The molecule has 118 valence electrons. The summed E-state index contributed by atoms with van der Waals surface area (Å²) in [6.07, 6.45) is 2.18. The van der Waals surface area contributed by atoms with Crippen molar-refractivity contribution in [3.8, 4) is 0 Å². The van der Waals surface area contributed by atoms with E-state index >= 15 is 0 Å². The lowest BCUT2D eigenvalue weighted by Crippen LogP contribution is -2.46. The highest BCUT2D eigenvalue weighted by Crippen LogP contribution is 2.20. The number of carbonyl (C=O) groups excluding carboxylic acids is 1. The number of hydrogen-bond donors (Lipinski definition) is 2. The average molecular weight is 300 g/mol. The Morgan fingerprint density at radius 3 is 3.05 bits per heavy atom. The third-order valence-electron chi connectivity index (χ3n) is 4.51. The van der Waals surface area contributed by atoms with Crippen molar-refractivity contribution in [1.82, 2.24) is 20.2 Å². The molecule has 2 heterocycles. The third-order valence-corrected chi connectivity index (χ3v) is 4.51.